The second-order valence-electron chi connectivity index (χ2n) is 6.54. The highest BCUT2D eigenvalue weighted by Crippen LogP contribution is 2.37. The third kappa shape index (κ3) is 4.68. The van der Waals surface area contributed by atoms with Crippen molar-refractivity contribution in [2.45, 2.75) is 19.8 Å². The van der Waals surface area contributed by atoms with Gasteiger partial charge in [0.05, 0.1) is 28.9 Å². The highest BCUT2D eigenvalue weighted by atomic mass is 127. The fourth-order valence-corrected chi connectivity index (χ4v) is 4.20. The molecule has 1 aliphatic heterocycles. The molecular formula is C20H20ClF2IN2O2. The number of anilines is 3. The van der Waals surface area contributed by atoms with E-state index in [1.165, 1.54) is 6.07 Å². The first-order chi connectivity index (χ1) is 13.4. The van der Waals surface area contributed by atoms with Gasteiger partial charge in [-0.05, 0) is 72.7 Å². The molecule has 0 spiro atoms. The Balaban J connectivity index is 1.93. The molecule has 2 aromatic rings. The molecule has 3 rings (SSSR count). The standard InChI is InChI=1S/C20H20ClF2IN2O2/c1-2-28-20(27)12-4-3-9-26(11-12)17-8-6-15(22)18(23)19(17)25-16-7-5-13(24)10-14(16)21/h5-8,10,12,25H,2-4,9,11H2,1H3. The van der Waals surface area contributed by atoms with Crippen LogP contribution in [0.15, 0.2) is 30.3 Å². The van der Waals surface area contributed by atoms with Crippen molar-refractivity contribution in [3.05, 3.63) is 50.6 Å². The minimum atomic E-state index is -0.981. The number of hydrogen-bond donors (Lipinski definition) is 1. The SMILES string of the molecule is CCOC(=O)C1CCCN(c2ccc(F)c(F)c2Nc2ccc(I)cc2Cl)C1. The Bertz CT molecular complexity index is 882. The lowest BCUT2D eigenvalue weighted by Crippen LogP contribution is -2.39. The lowest BCUT2D eigenvalue weighted by atomic mass is 9.97. The number of rotatable bonds is 5. The van der Waals surface area contributed by atoms with Gasteiger partial charge >= 0.3 is 5.97 Å². The van der Waals surface area contributed by atoms with E-state index in [9.17, 15) is 13.6 Å². The number of carbonyl (C=O) groups is 1. The van der Waals surface area contributed by atoms with E-state index in [4.69, 9.17) is 16.3 Å². The predicted molar refractivity (Wildman–Crippen MR) is 115 cm³/mol. The third-order valence-corrected chi connectivity index (χ3v) is 5.63. The average molecular weight is 521 g/mol. The van der Waals surface area contributed by atoms with Gasteiger partial charge in [0.15, 0.2) is 11.6 Å². The van der Waals surface area contributed by atoms with Crippen LogP contribution in [0.2, 0.25) is 5.02 Å². The van der Waals surface area contributed by atoms with E-state index in [0.717, 1.165) is 16.1 Å². The number of nitrogens with one attached hydrogen (secondary N) is 1. The fourth-order valence-electron chi connectivity index (χ4n) is 3.30. The van der Waals surface area contributed by atoms with Crippen LogP contribution in [-0.2, 0) is 9.53 Å². The molecule has 1 fully saturated rings. The molecule has 1 aliphatic rings. The first kappa shape index (κ1) is 21.1. The summed E-state index contributed by atoms with van der Waals surface area (Å²) in [6.07, 6.45) is 1.47. The highest BCUT2D eigenvalue weighted by molar-refractivity contribution is 14.1. The lowest BCUT2D eigenvalue weighted by molar-refractivity contribution is -0.148. The minimum absolute atomic E-state index is 0.00705. The van der Waals surface area contributed by atoms with Crippen LogP contribution in [-0.4, -0.2) is 25.7 Å². The molecule has 0 aliphatic carbocycles. The van der Waals surface area contributed by atoms with Gasteiger partial charge in [-0.2, -0.15) is 0 Å². The second-order valence-corrected chi connectivity index (χ2v) is 8.19. The third-order valence-electron chi connectivity index (χ3n) is 4.65. The quantitative estimate of drug-likeness (QED) is 0.403. The Morgan fingerprint density at radius 3 is 2.86 bits per heavy atom. The summed E-state index contributed by atoms with van der Waals surface area (Å²) in [4.78, 5) is 14.0. The molecule has 1 N–H and O–H groups in total. The molecule has 0 aromatic heterocycles. The zero-order valence-corrected chi connectivity index (χ0v) is 18.2. The number of nitrogens with zero attached hydrogens (tertiary/aromatic N) is 1. The Hall–Kier alpha value is -1.61. The molecule has 0 amide bonds. The molecule has 0 saturated carbocycles. The van der Waals surface area contributed by atoms with Gasteiger partial charge in [0, 0.05) is 16.7 Å². The molecule has 8 heteroatoms. The van der Waals surface area contributed by atoms with Crippen molar-refractivity contribution in [3.63, 3.8) is 0 Å². The molecule has 1 atom stereocenters. The minimum Gasteiger partial charge on any atom is -0.466 e. The maximum absolute atomic E-state index is 14.7. The first-order valence-corrected chi connectivity index (χ1v) is 10.5. The summed E-state index contributed by atoms with van der Waals surface area (Å²) in [5.74, 6) is -2.49. The van der Waals surface area contributed by atoms with E-state index in [2.05, 4.69) is 27.9 Å². The average Bonchev–Trinajstić information content (AvgIpc) is 2.68. The number of piperidine rings is 1. The second kappa shape index (κ2) is 9.26. The highest BCUT2D eigenvalue weighted by Gasteiger charge is 2.29. The van der Waals surface area contributed by atoms with Crippen molar-refractivity contribution in [3.8, 4) is 0 Å². The maximum Gasteiger partial charge on any atom is 0.310 e. The fraction of sp³-hybridized carbons (Fsp3) is 0.350. The van der Waals surface area contributed by atoms with Crippen LogP contribution in [0, 0.1) is 21.1 Å². The monoisotopic (exact) mass is 520 g/mol. The molecule has 2 aromatic carbocycles. The first-order valence-electron chi connectivity index (χ1n) is 9.02. The lowest BCUT2D eigenvalue weighted by Gasteiger charge is -2.34. The molecule has 4 nitrogen and oxygen atoms in total. The Morgan fingerprint density at radius 1 is 1.36 bits per heavy atom. The molecule has 1 saturated heterocycles. The largest absolute Gasteiger partial charge is 0.466 e. The van der Waals surface area contributed by atoms with Crippen LogP contribution >= 0.6 is 34.2 Å². The van der Waals surface area contributed by atoms with E-state index in [1.807, 2.05) is 11.0 Å². The zero-order valence-electron chi connectivity index (χ0n) is 15.3. The van der Waals surface area contributed by atoms with Gasteiger partial charge in [0.1, 0.15) is 5.69 Å². The van der Waals surface area contributed by atoms with E-state index in [1.54, 1.807) is 19.1 Å². The van der Waals surface area contributed by atoms with Crippen LogP contribution in [0.5, 0.6) is 0 Å². The van der Waals surface area contributed by atoms with E-state index in [0.29, 0.717) is 42.5 Å². The van der Waals surface area contributed by atoms with Crippen molar-refractivity contribution in [2.75, 3.05) is 29.9 Å². The molecule has 0 bridgehead atoms. The smallest absolute Gasteiger partial charge is 0.310 e. The van der Waals surface area contributed by atoms with E-state index >= 15 is 0 Å². The predicted octanol–water partition coefficient (Wildman–Crippen LogP) is 5.75. The number of ether oxygens (including phenoxy) is 1. The number of benzene rings is 2. The van der Waals surface area contributed by atoms with Crippen LogP contribution in [0.25, 0.3) is 0 Å². The summed E-state index contributed by atoms with van der Waals surface area (Å²) < 4.78 is 34.7. The zero-order chi connectivity index (χ0) is 20.3. The maximum atomic E-state index is 14.7. The summed E-state index contributed by atoms with van der Waals surface area (Å²) in [6.45, 7) is 3.11. The molecule has 150 valence electrons. The normalized spacial score (nSPS) is 16.8. The summed E-state index contributed by atoms with van der Waals surface area (Å²) in [5, 5.41) is 3.34. The summed E-state index contributed by atoms with van der Waals surface area (Å²) in [5.41, 5.74) is 0.974. The molecule has 0 radical (unpaired) electrons. The Labute approximate surface area is 181 Å². The molecule has 28 heavy (non-hydrogen) atoms. The number of hydrogen-bond acceptors (Lipinski definition) is 4. The van der Waals surface area contributed by atoms with Crippen LogP contribution < -0.4 is 10.2 Å². The Morgan fingerprint density at radius 2 is 2.14 bits per heavy atom. The number of esters is 1. The van der Waals surface area contributed by atoms with Gasteiger partial charge in [-0.1, -0.05) is 11.6 Å². The van der Waals surface area contributed by atoms with Crippen LogP contribution in [0.4, 0.5) is 25.8 Å². The van der Waals surface area contributed by atoms with Gasteiger partial charge in [-0.25, -0.2) is 8.78 Å². The summed E-state index contributed by atoms with van der Waals surface area (Å²) >= 11 is 8.37. The van der Waals surface area contributed by atoms with Crippen molar-refractivity contribution in [2.24, 2.45) is 5.92 Å². The molecular weight excluding hydrogens is 501 g/mol. The number of halogens is 4. The van der Waals surface area contributed by atoms with E-state index < -0.39 is 11.6 Å². The van der Waals surface area contributed by atoms with Gasteiger partial charge in [0.25, 0.3) is 0 Å². The van der Waals surface area contributed by atoms with Crippen molar-refractivity contribution in [1.82, 2.24) is 0 Å². The van der Waals surface area contributed by atoms with Crippen LogP contribution in [0.3, 0.4) is 0 Å². The van der Waals surface area contributed by atoms with Gasteiger partial charge < -0.3 is 15.0 Å². The van der Waals surface area contributed by atoms with Gasteiger partial charge in [-0.3, -0.25) is 4.79 Å². The molecule has 1 heterocycles. The van der Waals surface area contributed by atoms with Crippen molar-refractivity contribution in [1.29, 1.82) is 0 Å². The van der Waals surface area contributed by atoms with Crippen LogP contribution in [0.1, 0.15) is 19.8 Å². The molecule has 1 unspecified atom stereocenters. The summed E-state index contributed by atoms with van der Waals surface area (Å²) in [6, 6.07) is 7.90. The van der Waals surface area contributed by atoms with Crippen molar-refractivity contribution >= 4 is 57.2 Å². The topological polar surface area (TPSA) is 41.6 Å². The van der Waals surface area contributed by atoms with Crippen molar-refractivity contribution < 1.29 is 18.3 Å². The summed E-state index contributed by atoms with van der Waals surface area (Å²) in [7, 11) is 0. The van der Waals surface area contributed by atoms with E-state index in [-0.39, 0.29) is 17.6 Å². The van der Waals surface area contributed by atoms with Gasteiger partial charge in [0.2, 0.25) is 0 Å². The number of carbonyl (C=O) groups excluding carboxylic acids is 1. The van der Waals surface area contributed by atoms with Gasteiger partial charge in [-0.15, -0.1) is 0 Å². The Kier molecular flexibility index (Phi) is 6.98.